The first kappa shape index (κ1) is 30.0. The van der Waals surface area contributed by atoms with Crippen LogP contribution in [0.1, 0.15) is 49.9 Å². The summed E-state index contributed by atoms with van der Waals surface area (Å²) in [6.45, 7) is 9.79. The van der Waals surface area contributed by atoms with Crippen molar-refractivity contribution in [3.8, 4) is 22.3 Å². The Morgan fingerprint density at radius 1 is 0.423 bits per heavy atom. The van der Waals surface area contributed by atoms with Crippen molar-refractivity contribution in [2.24, 2.45) is 0 Å². The van der Waals surface area contributed by atoms with E-state index in [2.05, 4.69) is 184 Å². The first-order valence-electron chi connectivity index (χ1n) is 18.3. The average molecular weight is 684 g/mol. The maximum atomic E-state index is 2.62. The first-order chi connectivity index (χ1) is 25.3. The van der Waals surface area contributed by atoms with E-state index >= 15 is 0 Å². The highest BCUT2D eigenvalue weighted by molar-refractivity contribution is 7.26. The van der Waals surface area contributed by atoms with Gasteiger partial charge < -0.3 is 4.90 Å². The Morgan fingerprint density at radius 2 is 0.923 bits per heavy atom. The summed E-state index contributed by atoms with van der Waals surface area (Å²) in [6.07, 6.45) is 0. The number of benzene rings is 8. The van der Waals surface area contributed by atoms with Crippen LogP contribution in [-0.4, -0.2) is 0 Å². The summed E-state index contributed by atoms with van der Waals surface area (Å²) in [4.78, 5) is 2.62. The summed E-state index contributed by atoms with van der Waals surface area (Å²) in [5, 5.41) is 7.81. The fourth-order valence-corrected chi connectivity index (χ4v) is 10.7. The molecule has 0 atom stereocenters. The van der Waals surface area contributed by atoms with E-state index in [1.54, 1.807) is 0 Å². The standard InChI is InChI=1S/C50H37NS/c1-49(2)40-27-36(34-19-17-30-11-5-7-13-32(30)25-34)21-23-43(40)51-44-24-22-37(35-20-18-31-12-6-8-14-33(31)26-35)28-41(44)50(3,4)46-47(51)42(49)29-39-38-15-9-10-16-45(38)52-48(39)46/h5-29H,1-4H3. The summed E-state index contributed by atoms with van der Waals surface area (Å²) in [6, 6.07) is 57.0. The molecule has 1 nitrogen and oxygen atoms in total. The largest absolute Gasteiger partial charge is 0.309 e. The van der Waals surface area contributed by atoms with Crippen molar-refractivity contribution in [3.05, 3.63) is 174 Å². The molecule has 0 unspecified atom stereocenters. The van der Waals surface area contributed by atoms with Gasteiger partial charge in [-0.2, -0.15) is 0 Å². The zero-order valence-corrected chi connectivity index (χ0v) is 30.6. The molecule has 1 aromatic heterocycles. The lowest BCUT2D eigenvalue weighted by molar-refractivity contribution is 0.603. The van der Waals surface area contributed by atoms with Gasteiger partial charge in [-0.3, -0.25) is 0 Å². The molecule has 248 valence electrons. The van der Waals surface area contributed by atoms with Crippen molar-refractivity contribution in [1.82, 2.24) is 0 Å². The van der Waals surface area contributed by atoms with Crippen molar-refractivity contribution >= 4 is 70.1 Å². The minimum Gasteiger partial charge on any atom is -0.309 e. The summed E-state index contributed by atoms with van der Waals surface area (Å²) in [5.41, 5.74) is 14.1. The number of hydrogen-bond acceptors (Lipinski definition) is 2. The molecule has 8 aromatic carbocycles. The van der Waals surface area contributed by atoms with Gasteiger partial charge in [0.2, 0.25) is 0 Å². The third-order valence-corrected chi connectivity index (χ3v) is 13.4. The van der Waals surface area contributed by atoms with Crippen molar-refractivity contribution in [2.75, 3.05) is 4.90 Å². The Kier molecular flexibility index (Phi) is 6.02. The summed E-state index contributed by atoms with van der Waals surface area (Å²) in [5.74, 6) is 0. The zero-order valence-electron chi connectivity index (χ0n) is 29.8. The topological polar surface area (TPSA) is 3.24 Å². The molecule has 11 rings (SSSR count). The molecule has 0 saturated carbocycles. The molecule has 0 saturated heterocycles. The smallest absolute Gasteiger partial charge is 0.0558 e. The van der Waals surface area contributed by atoms with E-state index in [1.807, 2.05) is 11.3 Å². The van der Waals surface area contributed by atoms with Gasteiger partial charge in [0.25, 0.3) is 0 Å². The number of thiophene rings is 1. The molecule has 0 aliphatic carbocycles. The van der Waals surface area contributed by atoms with Crippen molar-refractivity contribution in [1.29, 1.82) is 0 Å². The van der Waals surface area contributed by atoms with Crippen molar-refractivity contribution < 1.29 is 0 Å². The number of nitrogens with zero attached hydrogens (tertiary/aromatic N) is 1. The van der Waals surface area contributed by atoms with Crippen LogP contribution in [-0.2, 0) is 10.8 Å². The number of anilines is 3. The molecule has 0 bridgehead atoms. The number of hydrogen-bond donors (Lipinski definition) is 0. The lowest BCUT2D eigenvalue weighted by Crippen LogP contribution is -2.38. The van der Waals surface area contributed by atoms with Gasteiger partial charge in [-0.1, -0.05) is 131 Å². The molecule has 3 heterocycles. The fraction of sp³-hybridized carbons (Fsp3) is 0.120. The van der Waals surface area contributed by atoms with E-state index in [1.165, 1.54) is 103 Å². The molecule has 0 spiro atoms. The molecule has 2 heteroatoms. The average Bonchev–Trinajstić information content (AvgIpc) is 3.55. The summed E-state index contributed by atoms with van der Waals surface area (Å²) in [7, 11) is 0. The van der Waals surface area contributed by atoms with Crippen LogP contribution >= 0.6 is 11.3 Å². The third kappa shape index (κ3) is 4.04. The van der Waals surface area contributed by atoms with E-state index in [0.29, 0.717) is 0 Å². The zero-order chi connectivity index (χ0) is 34.9. The normalized spacial score (nSPS) is 15.2. The molecular weight excluding hydrogens is 647 g/mol. The molecular formula is C50H37NS. The Balaban J connectivity index is 1.19. The van der Waals surface area contributed by atoms with Crippen LogP contribution in [0.2, 0.25) is 0 Å². The van der Waals surface area contributed by atoms with Gasteiger partial charge in [0.05, 0.1) is 17.1 Å². The monoisotopic (exact) mass is 683 g/mol. The maximum Gasteiger partial charge on any atom is 0.0558 e. The quantitative estimate of drug-likeness (QED) is 0.175. The Labute approximate surface area is 308 Å². The predicted molar refractivity (Wildman–Crippen MR) is 224 cm³/mol. The summed E-state index contributed by atoms with van der Waals surface area (Å²) < 4.78 is 2.76. The van der Waals surface area contributed by atoms with Crippen LogP contribution in [0.4, 0.5) is 17.1 Å². The molecule has 2 aliphatic heterocycles. The van der Waals surface area contributed by atoms with Gasteiger partial charge in [0, 0.05) is 36.6 Å². The van der Waals surface area contributed by atoms with Crippen molar-refractivity contribution in [3.63, 3.8) is 0 Å². The lowest BCUT2D eigenvalue weighted by Gasteiger charge is -2.50. The SMILES string of the molecule is CC1(C)c2cc(-c3ccc4ccccc4c3)ccc2N2c3ccc(-c4ccc5ccccc5c4)cc3C(C)(C)c3c2c1cc1c3sc2ccccc21. The number of rotatable bonds is 2. The van der Waals surface area contributed by atoms with Crippen LogP contribution in [0.3, 0.4) is 0 Å². The maximum absolute atomic E-state index is 2.62. The highest BCUT2D eigenvalue weighted by atomic mass is 32.1. The highest BCUT2D eigenvalue weighted by Gasteiger charge is 2.47. The molecule has 2 aliphatic rings. The third-order valence-electron chi connectivity index (χ3n) is 12.2. The van der Waals surface area contributed by atoms with E-state index in [9.17, 15) is 0 Å². The second-order valence-electron chi connectivity index (χ2n) is 15.8. The predicted octanol–water partition coefficient (Wildman–Crippen LogP) is 14.4. The first-order valence-corrected chi connectivity index (χ1v) is 19.2. The fourth-order valence-electron chi connectivity index (χ4n) is 9.35. The van der Waals surface area contributed by atoms with Gasteiger partial charge in [0.1, 0.15) is 0 Å². The van der Waals surface area contributed by atoms with E-state index in [-0.39, 0.29) is 10.8 Å². The minimum absolute atomic E-state index is 0.224. The van der Waals surface area contributed by atoms with Crippen LogP contribution in [0, 0.1) is 0 Å². The van der Waals surface area contributed by atoms with Crippen LogP contribution in [0.5, 0.6) is 0 Å². The van der Waals surface area contributed by atoms with Crippen LogP contribution in [0.25, 0.3) is 64.0 Å². The molecule has 0 radical (unpaired) electrons. The second kappa shape index (κ2) is 10.4. The Bertz CT molecular complexity index is 2960. The van der Waals surface area contributed by atoms with E-state index < -0.39 is 0 Å². The number of fused-ring (bicyclic) bond motifs is 10. The minimum atomic E-state index is -0.234. The van der Waals surface area contributed by atoms with Gasteiger partial charge in [-0.15, -0.1) is 11.3 Å². The summed E-state index contributed by atoms with van der Waals surface area (Å²) >= 11 is 1.96. The van der Waals surface area contributed by atoms with Crippen LogP contribution < -0.4 is 4.90 Å². The van der Waals surface area contributed by atoms with Gasteiger partial charge >= 0.3 is 0 Å². The Hall–Kier alpha value is -5.70. The highest BCUT2D eigenvalue weighted by Crippen LogP contribution is 2.63. The van der Waals surface area contributed by atoms with Crippen LogP contribution in [0.15, 0.2) is 152 Å². The van der Waals surface area contributed by atoms with Gasteiger partial charge in [0.15, 0.2) is 0 Å². The van der Waals surface area contributed by atoms with E-state index in [4.69, 9.17) is 0 Å². The van der Waals surface area contributed by atoms with E-state index in [0.717, 1.165) is 0 Å². The Morgan fingerprint density at radius 3 is 1.54 bits per heavy atom. The molecule has 0 amide bonds. The molecule has 0 fully saturated rings. The molecule has 9 aromatic rings. The molecule has 0 N–H and O–H groups in total. The van der Waals surface area contributed by atoms with Crippen molar-refractivity contribution in [2.45, 2.75) is 38.5 Å². The second-order valence-corrected chi connectivity index (χ2v) is 16.8. The van der Waals surface area contributed by atoms with Gasteiger partial charge in [-0.05, 0) is 109 Å². The lowest BCUT2D eigenvalue weighted by atomic mass is 9.65. The molecule has 52 heavy (non-hydrogen) atoms. The van der Waals surface area contributed by atoms with Gasteiger partial charge in [-0.25, -0.2) is 0 Å².